The van der Waals surface area contributed by atoms with Crippen LogP contribution < -0.4 is 0 Å². The number of benzene rings is 1. The number of carboxylic acids is 1. The minimum absolute atomic E-state index is 0.135. The first-order valence-corrected chi connectivity index (χ1v) is 8.00. The number of thiophene rings is 1. The van der Waals surface area contributed by atoms with Gasteiger partial charge in [-0.1, -0.05) is 6.92 Å². The van der Waals surface area contributed by atoms with Gasteiger partial charge in [-0.15, -0.1) is 11.3 Å². The number of hydrogen-bond acceptors (Lipinski definition) is 3. The number of rotatable bonds is 5. The SMILES string of the molecule is CC(CN(C(=O)c1cc2cc(F)ccc2s1)C1CC1)C(=O)O. The van der Waals surface area contributed by atoms with Gasteiger partial charge in [-0.05, 0) is 42.5 Å². The van der Waals surface area contributed by atoms with Crippen molar-refractivity contribution in [1.29, 1.82) is 0 Å². The van der Waals surface area contributed by atoms with Gasteiger partial charge in [-0.25, -0.2) is 4.39 Å². The molecule has 1 unspecified atom stereocenters. The van der Waals surface area contributed by atoms with Crippen molar-refractivity contribution < 1.29 is 19.1 Å². The summed E-state index contributed by atoms with van der Waals surface area (Å²) >= 11 is 1.32. The van der Waals surface area contributed by atoms with Crippen LogP contribution in [0.15, 0.2) is 24.3 Å². The number of amides is 1. The van der Waals surface area contributed by atoms with E-state index >= 15 is 0 Å². The van der Waals surface area contributed by atoms with Gasteiger partial charge in [-0.2, -0.15) is 0 Å². The zero-order chi connectivity index (χ0) is 15.9. The Hall–Kier alpha value is -1.95. The molecule has 1 amide bonds. The predicted octanol–water partition coefficient (Wildman–Crippen LogP) is 3.37. The van der Waals surface area contributed by atoms with E-state index in [0.29, 0.717) is 10.3 Å². The molecule has 0 radical (unpaired) electrons. The second-order valence-corrected chi connectivity index (χ2v) is 6.80. The third kappa shape index (κ3) is 2.97. The van der Waals surface area contributed by atoms with Gasteiger partial charge >= 0.3 is 5.97 Å². The Kier molecular flexibility index (Phi) is 3.87. The Balaban J connectivity index is 1.86. The highest BCUT2D eigenvalue weighted by molar-refractivity contribution is 7.20. The Morgan fingerprint density at radius 3 is 2.77 bits per heavy atom. The van der Waals surface area contributed by atoms with Gasteiger partial charge in [0.15, 0.2) is 0 Å². The molecule has 6 heteroatoms. The first-order chi connectivity index (χ1) is 10.5. The molecule has 1 fully saturated rings. The monoisotopic (exact) mass is 321 g/mol. The van der Waals surface area contributed by atoms with E-state index in [1.807, 2.05) is 0 Å². The zero-order valence-corrected chi connectivity index (χ0v) is 12.9. The molecule has 22 heavy (non-hydrogen) atoms. The maximum absolute atomic E-state index is 13.2. The number of fused-ring (bicyclic) bond motifs is 1. The van der Waals surface area contributed by atoms with Crippen molar-refractivity contribution in [3.05, 3.63) is 35.0 Å². The summed E-state index contributed by atoms with van der Waals surface area (Å²) in [5.74, 6) is -1.99. The lowest BCUT2D eigenvalue weighted by atomic mass is 10.1. The Bertz CT molecular complexity index is 738. The van der Waals surface area contributed by atoms with Crippen molar-refractivity contribution in [2.24, 2.45) is 5.92 Å². The van der Waals surface area contributed by atoms with E-state index in [2.05, 4.69) is 0 Å². The number of aliphatic carboxylic acids is 1. The van der Waals surface area contributed by atoms with Crippen molar-refractivity contribution in [3.63, 3.8) is 0 Å². The van der Waals surface area contributed by atoms with Crippen molar-refractivity contribution >= 4 is 33.3 Å². The summed E-state index contributed by atoms with van der Waals surface area (Å²) in [6, 6.07) is 6.26. The number of carbonyl (C=O) groups is 2. The van der Waals surface area contributed by atoms with Crippen molar-refractivity contribution in [2.75, 3.05) is 6.54 Å². The van der Waals surface area contributed by atoms with Gasteiger partial charge in [0.1, 0.15) is 5.82 Å². The first kappa shape index (κ1) is 15.0. The normalized spacial score (nSPS) is 15.7. The molecular weight excluding hydrogens is 305 g/mol. The summed E-state index contributed by atoms with van der Waals surface area (Å²) in [5.41, 5.74) is 0. The quantitative estimate of drug-likeness (QED) is 0.918. The highest BCUT2D eigenvalue weighted by Crippen LogP contribution is 2.32. The van der Waals surface area contributed by atoms with Crippen LogP contribution in [0.4, 0.5) is 4.39 Å². The number of carbonyl (C=O) groups excluding carboxylic acids is 1. The molecule has 3 rings (SSSR count). The van der Waals surface area contributed by atoms with E-state index in [0.717, 1.165) is 17.5 Å². The molecule has 116 valence electrons. The van der Waals surface area contributed by atoms with Gasteiger partial charge in [0.05, 0.1) is 10.8 Å². The van der Waals surface area contributed by atoms with Crippen molar-refractivity contribution in [1.82, 2.24) is 4.90 Å². The molecule has 1 aromatic carbocycles. The number of hydrogen-bond donors (Lipinski definition) is 1. The summed E-state index contributed by atoms with van der Waals surface area (Å²) in [7, 11) is 0. The summed E-state index contributed by atoms with van der Waals surface area (Å²) in [5, 5.41) is 9.76. The average molecular weight is 321 g/mol. The lowest BCUT2D eigenvalue weighted by Gasteiger charge is -2.23. The molecule has 1 atom stereocenters. The maximum Gasteiger partial charge on any atom is 0.308 e. The highest BCUT2D eigenvalue weighted by atomic mass is 32.1. The molecule has 1 N–H and O–H groups in total. The minimum Gasteiger partial charge on any atom is -0.481 e. The van der Waals surface area contributed by atoms with E-state index in [9.17, 15) is 14.0 Å². The second kappa shape index (κ2) is 5.68. The Labute approximate surface area is 131 Å². The van der Waals surface area contributed by atoms with Crippen LogP contribution in [0, 0.1) is 11.7 Å². The van der Waals surface area contributed by atoms with Crippen LogP contribution in [0.5, 0.6) is 0 Å². The van der Waals surface area contributed by atoms with Crippen LogP contribution in [-0.2, 0) is 4.79 Å². The Morgan fingerprint density at radius 2 is 2.14 bits per heavy atom. The van der Waals surface area contributed by atoms with E-state index in [4.69, 9.17) is 5.11 Å². The van der Waals surface area contributed by atoms with Gasteiger partial charge in [0, 0.05) is 17.3 Å². The largest absolute Gasteiger partial charge is 0.481 e. The van der Waals surface area contributed by atoms with E-state index in [1.165, 1.54) is 23.5 Å². The fourth-order valence-corrected chi connectivity index (χ4v) is 3.42. The molecule has 0 saturated heterocycles. The van der Waals surface area contributed by atoms with Crippen LogP contribution >= 0.6 is 11.3 Å². The smallest absolute Gasteiger partial charge is 0.308 e. The van der Waals surface area contributed by atoms with Crippen LogP contribution in [0.1, 0.15) is 29.4 Å². The van der Waals surface area contributed by atoms with Gasteiger partial charge < -0.3 is 10.0 Å². The minimum atomic E-state index is -0.906. The standard InChI is InChI=1S/C16H16FNO3S/c1-9(16(20)21)8-18(12-3-4-12)15(19)14-7-10-6-11(17)2-5-13(10)22-14/h2,5-7,9,12H,3-4,8H2,1H3,(H,20,21). The fourth-order valence-electron chi connectivity index (χ4n) is 2.42. The molecule has 1 aliphatic carbocycles. The van der Waals surface area contributed by atoms with Gasteiger partial charge in [0.2, 0.25) is 0 Å². The third-order valence-electron chi connectivity index (χ3n) is 3.83. The summed E-state index contributed by atoms with van der Waals surface area (Å²) < 4.78 is 14.1. The van der Waals surface area contributed by atoms with Crippen LogP contribution in [0.2, 0.25) is 0 Å². The number of carboxylic acid groups (broad SMARTS) is 1. The summed E-state index contributed by atoms with van der Waals surface area (Å²) in [6.45, 7) is 1.81. The molecule has 1 saturated carbocycles. The summed E-state index contributed by atoms with van der Waals surface area (Å²) in [4.78, 5) is 25.9. The predicted molar refractivity (Wildman–Crippen MR) is 82.6 cm³/mol. The molecule has 1 aliphatic rings. The average Bonchev–Trinajstić information content (AvgIpc) is 3.22. The van der Waals surface area contributed by atoms with Crippen LogP contribution in [0.25, 0.3) is 10.1 Å². The van der Waals surface area contributed by atoms with Crippen molar-refractivity contribution in [2.45, 2.75) is 25.8 Å². The molecule has 2 aromatic rings. The molecular formula is C16H16FNO3S. The topological polar surface area (TPSA) is 57.6 Å². The summed E-state index contributed by atoms with van der Waals surface area (Å²) in [6.07, 6.45) is 1.83. The van der Waals surface area contributed by atoms with E-state index in [1.54, 1.807) is 24.0 Å². The molecule has 4 nitrogen and oxygen atoms in total. The molecule has 0 spiro atoms. The molecule has 0 aliphatic heterocycles. The Morgan fingerprint density at radius 1 is 1.41 bits per heavy atom. The lowest BCUT2D eigenvalue weighted by molar-refractivity contribution is -0.141. The maximum atomic E-state index is 13.2. The lowest BCUT2D eigenvalue weighted by Crippen LogP contribution is -2.38. The van der Waals surface area contributed by atoms with Crippen molar-refractivity contribution in [3.8, 4) is 0 Å². The zero-order valence-electron chi connectivity index (χ0n) is 12.1. The van der Waals surface area contributed by atoms with E-state index < -0.39 is 11.9 Å². The first-order valence-electron chi connectivity index (χ1n) is 7.18. The number of nitrogens with zero attached hydrogens (tertiary/aromatic N) is 1. The third-order valence-corrected chi connectivity index (χ3v) is 4.93. The van der Waals surface area contributed by atoms with Gasteiger partial charge in [0.25, 0.3) is 5.91 Å². The highest BCUT2D eigenvalue weighted by Gasteiger charge is 2.35. The second-order valence-electron chi connectivity index (χ2n) is 5.72. The fraction of sp³-hybridized carbons (Fsp3) is 0.375. The van der Waals surface area contributed by atoms with Crippen LogP contribution in [-0.4, -0.2) is 34.5 Å². The van der Waals surface area contributed by atoms with E-state index in [-0.39, 0.29) is 24.3 Å². The molecule has 1 heterocycles. The van der Waals surface area contributed by atoms with Crippen LogP contribution in [0.3, 0.4) is 0 Å². The number of halogens is 1. The molecule has 1 aromatic heterocycles. The molecule has 0 bridgehead atoms. The van der Waals surface area contributed by atoms with Gasteiger partial charge in [-0.3, -0.25) is 9.59 Å².